The van der Waals surface area contributed by atoms with E-state index < -0.39 is 0 Å². The largest absolute Gasteiger partial charge is 0.343 e. The highest BCUT2D eigenvalue weighted by atomic mass is 16.2. The molecule has 3 aromatic rings. The summed E-state index contributed by atoms with van der Waals surface area (Å²) in [6.45, 7) is 5.86. The van der Waals surface area contributed by atoms with Gasteiger partial charge in [0.25, 0.3) is 0 Å². The number of carbonyl (C=O) groups is 2. The standard InChI is InChI=1S/C26H26N2O2/c1-18-14-19(2)26(20(3)15-18)28-25(30)17-27-24(29)13-12-21-8-7-11-23(16-21)22-9-5-4-6-10-22/h4-16H,17H2,1-3H3,(H,27,29)(H,28,30)/b13-12+. The van der Waals surface area contributed by atoms with Crippen LogP contribution in [0.3, 0.4) is 0 Å². The molecule has 0 spiro atoms. The molecule has 2 amide bonds. The molecule has 4 heteroatoms. The first-order chi connectivity index (χ1) is 14.4. The third-order valence-electron chi connectivity index (χ3n) is 4.79. The molecule has 152 valence electrons. The zero-order valence-corrected chi connectivity index (χ0v) is 17.5. The molecule has 30 heavy (non-hydrogen) atoms. The van der Waals surface area contributed by atoms with Crippen LogP contribution in [0.25, 0.3) is 17.2 Å². The van der Waals surface area contributed by atoms with Gasteiger partial charge in [-0.2, -0.15) is 0 Å². The topological polar surface area (TPSA) is 58.2 Å². The number of rotatable bonds is 6. The molecule has 4 nitrogen and oxygen atoms in total. The van der Waals surface area contributed by atoms with E-state index >= 15 is 0 Å². The summed E-state index contributed by atoms with van der Waals surface area (Å²) in [7, 11) is 0. The predicted molar refractivity (Wildman–Crippen MR) is 123 cm³/mol. The number of benzene rings is 3. The summed E-state index contributed by atoms with van der Waals surface area (Å²) in [6.07, 6.45) is 3.19. The van der Waals surface area contributed by atoms with Crippen LogP contribution in [-0.2, 0) is 9.59 Å². The average Bonchev–Trinajstić information content (AvgIpc) is 2.74. The first-order valence-electron chi connectivity index (χ1n) is 9.91. The fourth-order valence-corrected chi connectivity index (χ4v) is 3.41. The molecule has 0 aliphatic rings. The molecule has 0 aliphatic carbocycles. The van der Waals surface area contributed by atoms with Crippen LogP contribution in [0.4, 0.5) is 5.69 Å². The summed E-state index contributed by atoms with van der Waals surface area (Å²) >= 11 is 0. The molecular weight excluding hydrogens is 372 g/mol. The van der Waals surface area contributed by atoms with Crippen LogP contribution < -0.4 is 10.6 Å². The summed E-state index contributed by atoms with van der Waals surface area (Å²) < 4.78 is 0. The molecular formula is C26H26N2O2. The van der Waals surface area contributed by atoms with Gasteiger partial charge in [-0.1, -0.05) is 66.2 Å². The molecule has 3 rings (SSSR count). The van der Waals surface area contributed by atoms with Gasteiger partial charge >= 0.3 is 0 Å². The Balaban J connectivity index is 1.56. The second kappa shape index (κ2) is 9.70. The van der Waals surface area contributed by atoms with Crippen LogP contribution >= 0.6 is 0 Å². The van der Waals surface area contributed by atoms with E-state index in [2.05, 4.69) is 10.6 Å². The molecule has 0 radical (unpaired) electrons. The number of aryl methyl sites for hydroxylation is 3. The maximum atomic E-state index is 12.2. The summed E-state index contributed by atoms with van der Waals surface area (Å²) in [4.78, 5) is 24.4. The molecule has 0 fully saturated rings. The number of hydrogen-bond acceptors (Lipinski definition) is 2. The van der Waals surface area contributed by atoms with Gasteiger partial charge in [0.2, 0.25) is 11.8 Å². The van der Waals surface area contributed by atoms with Gasteiger partial charge in [0, 0.05) is 11.8 Å². The lowest BCUT2D eigenvalue weighted by atomic mass is 10.0. The molecule has 2 N–H and O–H groups in total. The molecule has 0 bridgehead atoms. The Labute approximate surface area is 177 Å². The second-order valence-electron chi connectivity index (χ2n) is 7.36. The molecule has 0 atom stereocenters. The SMILES string of the molecule is Cc1cc(C)c(NC(=O)CNC(=O)/C=C/c2cccc(-c3ccccc3)c2)c(C)c1. The van der Waals surface area contributed by atoms with Crippen LogP contribution in [-0.4, -0.2) is 18.4 Å². The van der Waals surface area contributed by atoms with Gasteiger partial charge < -0.3 is 10.6 Å². The molecule has 0 heterocycles. The van der Waals surface area contributed by atoms with Crippen LogP contribution in [0, 0.1) is 20.8 Å². The van der Waals surface area contributed by atoms with E-state index in [1.165, 1.54) is 6.08 Å². The quantitative estimate of drug-likeness (QED) is 0.571. The van der Waals surface area contributed by atoms with E-state index in [4.69, 9.17) is 0 Å². The second-order valence-corrected chi connectivity index (χ2v) is 7.36. The zero-order valence-electron chi connectivity index (χ0n) is 17.5. The number of nitrogens with one attached hydrogen (secondary N) is 2. The molecule has 0 aliphatic heterocycles. The Morgan fingerprint density at radius 2 is 1.50 bits per heavy atom. The van der Waals surface area contributed by atoms with Crippen molar-refractivity contribution in [3.63, 3.8) is 0 Å². The van der Waals surface area contributed by atoms with E-state index in [0.717, 1.165) is 39.1 Å². The van der Waals surface area contributed by atoms with Crippen molar-refractivity contribution in [3.8, 4) is 11.1 Å². The Morgan fingerprint density at radius 3 is 2.20 bits per heavy atom. The van der Waals surface area contributed by atoms with Crippen molar-refractivity contribution in [3.05, 3.63) is 95.1 Å². The molecule has 0 saturated heterocycles. The summed E-state index contributed by atoms with van der Waals surface area (Å²) in [5.74, 6) is -0.564. The van der Waals surface area contributed by atoms with Gasteiger partial charge in [-0.25, -0.2) is 0 Å². The molecule has 0 aromatic heterocycles. The Bertz CT molecular complexity index is 1060. The molecule has 0 saturated carbocycles. The van der Waals surface area contributed by atoms with Crippen LogP contribution in [0.5, 0.6) is 0 Å². The van der Waals surface area contributed by atoms with Crippen LogP contribution in [0.2, 0.25) is 0 Å². The third-order valence-corrected chi connectivity index (χ3v) is 4.79. The van der Waals surface area contributed by atoms with Crippen molar-refractivity contribution >= 4 is 23.6 Å². The van der Waals surface area contributed by atoms with E-state index in [9.17, 15) is 9.59 Å². The number of amides is 2. The maximum absolute atomic E-state index is 12.2. The van der Waals surface area contributed by atoms with Gasteiger partial charge in [0.1, 0.15) is 0 Å². The number of anilines is 1. The van der Waals surface area contributed by atoms with Gasteiger partial charge in [0.15, 0.2) is 0 Å². The predicted octanol–water partition coefficient (Wildman–Crippen LogP) is 5.05. The highest BCUT2D eigenvalue weighted by molar-refractivity contribution is 5.98. The first-order valence-corrected chi connectivity index (χ1v) is 9.91. The fourth-order valence-electron chi connectivity index (χ4n) is 3.41. The fraction of sp³-hybridized carbons (Fsp3) is 0.154. The lowest BCUT2D eigenvalue weighted by molar-refractivity contribution is -0.121. The Kier molecular flexibility index (Phi) is 6.81. The van der Waals surface area contributed by atoms with Gasteiger partial charge in [-0.05, 0) is 60.7 Å². The van der Waals surface area contributed by atoms with Crippen molar-refractivity contribution in [1.82, 2.24) is 5.32 Å². The van der Waals surface area contributed by atoms with Crippen molar-refractivity contribution in [1.29, 1.82) is 0 Å². The normalized spacial score (nSPS) is 10.8. The number of hydrogen-bond donors (Lipinski definition) is 2. The first kappa shape index (κ1) is 21.1. The van der Waals surface area contributed by atoms with Crippen molar-refractivity contribution < 1.29 is 9.59 Å². The molecule has 0 unspecified atom stereocenters. The summed E-state index contributed by atoms with van der Waals surface area (Å²) in [5, 5.41) is 5.51. The highest BCUT2D eigenvalue weighted by Gasteiger charge is 2.09. The monoisotopic (exact) mass is 398 g/mol. The smallest absolute Gasteiger partial charge is 0.244 e. The van der Waals surface area contributed by atoms with Gasteiger partial charge in [-0.15, -0.1) is 0 Å². The lowest BCUT2D eigenvalue weighted by Gasteiger charge is -2.13. The van der Waals surface area contributed by atoms with Gasteiger partial charge in [0.05, 0.1) is 6.54 Å². The van der Waals surface area contributed by atoms with E-state index in [1.54, 1.807) is 6.08 Å². The van der Waals surface area contributed by atoms with Crippen molar-refractivity contribution in [2.24, 2.45) is 0 Å². The van der Waals surface area contributed by atoms with E-state index in [-0.39, 0.29) is 18.4 Å². The minimum atomic E-state index is -0.312. The Morgan fingerprint density at radius 1 is 0.833 bits per heavy atom. The summed E-state index contributed by atoms with van der Waals surface area (Å²) in [6, 6.07) is 22.1. The Hall–Kier alpha value is -3.66. The number of carbonyl (C=O) groups excluding carboxylic acids is 2. The van der Waals surface area contributed by atoms with Crippen LogP contribution in [0.15, 0.2) is 72.8 Å². The van der Waals surface area contributed by atoms with Crippen molar-refractivity contribution in [2.75, 3.05) is 11.9 Å². The molecule has 3 aromatic carbocycles. The minimum Gasteiger partial charge on any atom is -0.343 e. The lowest BCUT2D eigenvalue weighted by Crippen LogP contribution is -2.32. The zero-order chi connectivity index (χ0) is 21.5. The van der Waals surface area contributed by atoms with Crippen molar-refractivity contribution in [2.45, 2.75) is 20.8 Å². The average molecular weight is 399 g/mol. The minimum absolute atomic E-state index is 0.0833. The van der Waals surface area contributed by atoms with E-state index in [1.807, 2.05) is 87.5 Å². The van der Waals surface area contributed by atoms with E-state index in [0.29, 0.717) is 0 Å². The van der Waals surface area contributed by atoms with Crippen LogP contribution in [0.1, 0.15) is 22.3 Å². The third kappa shape index (κ3) is 5.67. The maximum Gasteiger partial charge on any atom is 0.244 e. The highest BCUT2D eigenvalue weighted by Crippen LogP contribution is 2.22. The summed E-state index contributed by atoms with van der Waals surface area (Å²) in [5.41, 5.74) is 7.08. The van der Waals surface area contributed by atoms with Gasteiger partial charge in [-0.3, -0.25) is 9.59 Å².